The van der Waals surface area contributed by atoms with Gasteiger partial charge in [0.2, 0.25) is 0 Å². The monoisotopic (exact) mass is 497 g/mol. The Labute approximate surface area is 205 Å². The molecule has 0 saturated carbocycles. The van der Waals surface area contributed by atoms with Crippen LogP contribution < -0.4 is 21.1 Å². The lowest BCUT2D eigenvalue weighted by Crippen LogP contribution is -2.28. The number of carbonyl (C=O) groups excluding carboxylic acids is 1. The van der Waals surface area contributed by atoms with Crippen molar-refractivity contribution >= 4 is 34.5 Å². The Bertz CT molecular complexity index is 1350. The average molecular weight is 498 g/mol. The van der Waals surface area contributed by atoms with Crippen LogP contribution in [0.4, 0.5) is 5.69 Å². The van der Waals surface area contributed by atoms with Crippen molar-refractivity contribution in [1.29, 1.82) is 0 Å². The van der Waals surface area contributed by atoms with Crippen molar-refractivity contribution in [1.82, 2.24) is 30.2 Å². The number of rotatable bonds is 9. The molecule has 176 valence electrons. The van der Waals surface area contributed by atoms with E-state index in [1.54, 1.807) is 39.8 Å². The lowest BCUT2D eigenvalue weighted by molar-refractivity contribution is 0.0954. The molecule has 1 amide bonds. The van der Waals surface area contributed by atoms with Gasteiger partial charge in [-0.2, -0.15) is 0 Å². The summed E-state index contributed by atoms with van der Waals surface area (Å²) in [5, 5.41) is 14.5. The summed E-state index contributed by atoms with van der Waals surface area (Å²) in [4.78, 5) is 27.3. The van der Waals surface area contributed by atoms with E-state index in [0.29, 0.717) is 14.9 Å². The summed E-state index contributed by atoms with van der Waals surface area (Å²) in [6.45, 7) is 1.77. The molecule has 4 rings (SSSR count). The quantitative estimate of drug-likeness (QED) is 0.369. The summed E-state index contributed by atoms with van der Waals surface area (Å²) in [5.74, 6) is -0.211. The number of hydrogen-bond donors (Lipinski definition) is 2. The molecule has 0 aliphatic rings. The predicted octanol–water partition coefficient (Wildman–Crippen LogP) is 2.72. The lowest BCUT2D eigenvalue weighted by Gasteiger charge is -2.23. The van der Waals surface area contributed by atoms with Gasteiger partial charge in [-0.15, -0.1) is 16.4 Å². The van der Waals surface area contributed by atoms with E-state index >= 15 is 0 Å². The topological polar surface area (TPSA) is 97.1 Å². The van der Waals surface area contributed by atoms with Gasteiger partial charge in [0.15, 0.2) is 0 Å². The molecule has 3 heterocycles. The van der Waals surface area contributed by atoms with Gasteiger partial charge >= 0.3 is 0 Å². The maximum Gasteiger partial charge on any atom is 0.261 e. The number of aromatic nitrogens is 4. The second-order valence-electron chi connectivity index (χ2n) is 7.55. The van der Waals surface area contributed by atoms with E-state index in [9.17, 15) is 9.59 Å². The molecule has 0 radical (unpaired) electrons. The zero-order chi connectivity index (χ0) is 24.1. The normalized spacial score (nSPS) is 10.9. The Morgan fingerprint density at radius 3 is 2.79 bits per heavy atom. The third-order valence-electron chi connectivity index (χ3n) is 5.18. The Morgan fingerprint density at radius 2 is 2.06 bits per heavy atom. The number of carbonyl (C=O) groups is 1. The third kappa shape index (κ3) is 5.36. The van der Waals surface area contributed by atoms with Crippen molar-refractivity contribution in [2.24, 2.45) is 0 Å². The molecule has 9 nitrogen and oxygen atoms in total. The second-order valence-corrected chi connectivity index (χ2v) is 9.26. The van der Waals surface area contributed by atoms with E-state index in [4.69, 9.17) is 11.6 Å². The van der Waals surface area contributed by atoms with Gasteiger partial charge in [0.1, 0.15) is 5.69 Å². The van der Waals surface area contributed by atoms with Crippen LogP contribution in [-0.2, 0) is 6.54 Å². The first-order valence-electron chi connectivity index (χ1n) is 10.6. The number of benzene rings is 1. The fourth-order valence-electron chi connectivity index (χ4n) is 3.39. The smallest absolute Gasteiger partial charge is 0.261 e. The first-order valence-corrected chi connectivity index (χ1v) is 11.8. The van der Waals surface area contributed by atoms with E-state index in [-0.39, 0.29) is 18.0 Å². The van der Waals surface area contributed by atoms with Crippen molar-refractivity contribution in [3.05, 3.63) is 86.2 Å². The molecule has 2 N–H and O–H groups in total. The highest BCUT2D eigenvalue weighted by atomic mass is 35.5. The SMILES string of the molecule is CNCCN(C)c1cc(-n2ccccc2=O)ccc1-n1cc(CNC(=O)c2ccc(Cl)s2)nn1. The molecule has 0 saturated heterocycles. The number of nitrogens with zero attached hydrogens (tertiary/aromatic N) is 5. The summed E-state index contributed by atoms with van der Waals surface area (Å²) in [7, 11) is 3.88. The molecule has 0 fully saturated rings. The number of hydrogen-bond acceptors (Lipinski definition) is 7. The first-order chi connectivity index (χ1) is 16.5. The molecule has 0 aliphatic carbocycles. The van der Waals surface area contributed by atoms with E-state index in [1.165, 1.54) is 17.4 Å². The summed E-state index contributed by atoms with van der Waals surface area (Å²) in [5.41, 5.74) is 2.95. The van der Waals surface area contributed by atoms with Crippen molar-refractivity contribution < 1.29 is 4.79 Å². The molecule has 0 unspecified atom stereocenters. The van der Waals surface area contributed by atoms with Crippen molar-refractivity contribution in [2.45, 2.75) is 6.54 Å². The average Bonchev–Trinajstić information content (AvgIpc) is 3.50. The highest BCUT2D eigenvalue weighted by Gasteiger charge is 2.15. The van der Waals surface area contributed by atoms with E-state index in [0.717, 1.165) is 30.2 Å². The van der Waals surface area contributed by atoms with Crippen LogP contribution in [-0.4, -0.2) is 52.7 Å². The van der Waals surface area contributed by atoms with Crippen LogP contribution >= 0.6 is 22.9 Å². The van der Waals surface area contributed by atoms with Crippen LogP contribution in [0.15, 0.2) is 65.7 Å². The van der Waals surface area contributed by atoms with Crippen LogP contribution in [0, 0.1) is 0 Å². The van der Waals surface area contributed by atoms with Crippen LogP contribution in [0.1, 0.15) is 15.4 Å². The standard InChI is InChI=1S/C23H24ClN7O2S/c1-25-10-12-29(2)19-13-17(30-11-4-3-5-22(30)32)6-7-18(19)31-15-16(27-28-31)14-26-23(33)20-8-9-21(24)34-20/h3-9,11,13,15,25H,10,12,14H2,1-2H3,(H,26,33). The van der Waals surface area contributed by atoms with Crippen molar-refractivity contribution in [2.75, 3.05) is 32.1 Å². The fourth-order valence-corrected chi connectivity index (χ4v) is 4.35. The highest BCUT2D eigenvalue weighted by molar-refractivity contribution is 7.17. The van der Waals surface area contributed by atoms with Gasteiger partial charge in [0, 0.05) is 32.4 Å². The lowest BCUT2D eigenvalue weighted by atomic mass is 10.2. The van der Waals surface area contributed by atoms with Crippen LogP contribution in [0.2, 0.25) is 4.34 Å². The van der Waals surface area contributed by atoms with Crippen LogP contribution in [0.5, 0.6) is 0 Å². The molecule has 11 heteroatoms. The zero-order valence-corrected chi connectivity index (χ0v) is 20.3. The maximum atomic E-state index is 12.3. The number of nitrogens with one attached hydrogen (secondary N) is 2. The highest BCUT2D eigenvalue weighted by Crippen LogP contribution is 2.26. The molecule has 0 aliphatic heterocycles. The Hall–Kier alpha value is -3.47. The molecule has 0 atom stereocenters. The van der Waals surface area contributed by atoms with Gasteiger partial charge in [0.05, 0.1) is 39.0 Å². The van der Waals surface area contributed by atoms with Crippen LogP contribution in [0.25, 0.3) is 11.4 Å². The van der Waals surface area contributed by atoms with E-state index < -0.39 is 0 Å². The predicted molar refractivity (Wildman–Crippen MR) is 135 cm³/mol. The first kappa shape index (κ1) is 23.7. The number of anilines is 1. The van der Waals surface area contributed by atoms with E-state index in [1.807, 2.05) is 38.4 Å². The minimum Gasteiger partial charge on any atom is -0.372 e. The molecule has 34 heavy (non-hydrogen) atoms. The summed E-state index contributed by atoms with van der Waals surface area (Å²) in [6, 6.07) is 14.2. The third-order valence-corrected chi connectivity index (χ3v) is 6.41. The number of pyridine rings is 1. The maximum absolute atomic E-state index is 12.3. The summed E-state index contributed by atoms with van der Waals surface area (Å²) in [6.07, 6.45) is 3.52. The molecule has 3 aromatic heterocycles. The number of amides is 1. The van der Waals surface area contributed by atoms with Gasteiger partial charge in [-0.25, -0.2) is 4.68 Å². The van der Waals surface area contributed by atoms with Gasteiger partial charge in [-0.1, -0.05) is 22.9 Å². The molecular weight excluding hydrogens is 474 g/mol. The van der Waals surface area contributed by atoms with E-state index in [2.05, 4.69) is 25.8 Å². The molecule has 0 spiro atoms. The molecule has 4 aromatic rings. The van der Waals surface area contributed by atoms with Crippen molar-refractivity contribution in [3.63, 3.8) is 0 Å². The Morgan fingerprint density at radius 1 is 1.21 bits per heavy atom. The van der Waals surface area contributed by atoms with Gasteiger partial charge in [-0.3, -0.25) is 14.2 Å². The van der Waals surface area contributed by atoms with Crippen LogP contribution in [0.3, 0.4) is 0 Å². The summed E-state index contributed by atoms with van der Waals surface area (Å²) < 4.78 is 3.83. The second kappa shape index (κ2) is 10.6. The van der Waals surface area contributed by atoms with Crippen molar-refractivity contribution in [3.8, 4) is 11.4 Å². The zero-order valence-electron chi connectivity index (χ0n) is 18.7. The Kier molecular flexibility index (Phi) is 7.41. The minimum atomic E-state index is -0.211. The number of halogens is 1. The van der Waals surface area contributed by atoms with Gasteiger partial charge in [0.25, 0.3) is 11.5 Å². The molecule has 0 bridgehead atoms. The number of thiophene rings is 1. The van der Waals surface area contributed by atoms with Gasteiger partial charge in [-0.05, 0) is 43.4 Å². The Balaban J connectivity index is 1.60. The largest absolute Gasteiger partial charge is 0.372 e. The molecule has 1 aromatic carbocycles. The summed E-state index contributed by atoms with van der Waals surface area (Å²) >= 11 is 7.13. The van der Waals surface area contributed by atoms with Gasteiger partial charge < -0.3 is 15.5 Å². The number of likely N-dealkylation sites (N-methyl/N-ethyl adjacent to an activating group) is 2. The molecular formula is C23H24ClN7O2S. The fraction of sp³-hybridized carbons (Fsp3) is 0.217. The minimum absolute atomic E-state index is 0.107.